The smallest absolute Gasteiger partial charge is 0.285 e. The zero-order valence-corrected chi connectivity index (χ0v) is 10.8. The Morgan fingerprint density at radius 3 is 2.74 bits per heavy atom. The molecule has 1 fully saturated rings. The van der Waals surface area contributed by atoms with Crippen LogP contribution >= 0.6 is 0 Å². The number of nitrogens with two attached hydrogens (primary N) is 1. The first kappa shape index (κ1) is 13.5. The van der Waals surface area contributed by atoms with E-state index in [1.807, 2.05) is 0 Å². The molecule has 0 saturated heterocycles. The molecular formula is C13H17N3O3. The van der Waals surface area contributed by atoms with Gasteiger partial charge in [-0.05, 0) is 32.3 Å². The fourth-order valence-electron chi connectivity index (χ4n) is 2.24. The second-order valence-corrected chi connectivity index (χ2v) is 5.13. The Hall–Kier alpha value is -1.95. The largest absolute Gasteiger partial charge is 0.350 e. The van der Waals surface area contributed by atoms with Gasteiger partial charge in [0, 0.05) is 17.6 Å². The molecular weight excluding hydrogens is 246 g/mol. The second kappa shape index (κ2) is 4.97. The number of amides is 1. The first-order chi connectivity index (χ1) is 8.93. The van der Waals surface area contributed by atoms with Gasteiger partial charge in [0.05, 0.1) is 4.92 Å². The predicted octanol–water partition coefficient (Wildman–Crippen LogP) is 1.51. The summed E-state index contributed by atoms with van der Waals surface area (Å²) in [5.41, 5.74) is 6.10. The number of nitrogens with one attached hydrogen (secondary N) is 1. The average Bonchev–Trinajstić information content (AvgIpc) is 2.32. The van der Waals surface area contributed by atoms with Gasteiger partial charge in [0.1, 0.15) is 5.56 Å². The molecule has 0 unspecified atom stereocenters. The molecule has 0 aliphatic heterocycles. The van der Waals surface area contributed by atoms with Gasteiger partial charge in [0.15, 0.2) is 0 Å². The number of carbonyl (C=O) groups excluding carboxylic acids is 1. The van der Waals surface area contributed by atoms with Crippen LogP contribution < -0.4 is 11.1 Å². The molecule has 1 amide bonds. The van der Waals surface area contributed by atoms with Crippen molar-refractivity contribution in [3.63, 3.8) is 0 Å². The standard InChI is InChI=1S/C13H17N3O3/c1-9-4-2-5-10(11(9)16(18)19)12(17)15-8-13(14)6-3-7-13/h2,4-5H,3,6-8,14H2,1H3,(H,15,17). The fraction of sp³-hybridized carbons (Fsp3) is 0.462. The predicted molar refractivity (Wildman–Crippen MR) is 70.9 cm³/mol. The summed E-state index contributed by atoms with van der Waals surface area (Å²) in [7, 11) is 0. The summed E-state index contributed by atoms with van der Waals surface area (Å²) in [6.07, 6.45) is 2.82. The summed E-state index contributed by atoms with van der Waals surface area (Å²) in [4.78, 5) is 22.5. The van der Waals surface area contributed by atoms with Crippen molar-refractivity contribution < 1.29 is 9.72 Å². The van der Waals surface area contributed by atoms with Gasteiger partial charge in [-0.15, -0.1) is 0 Å². The maximum absolute atomic E-state index is 12.0. The highest BCUT2D eigenvalue weighted by atomic mass is 16.6. The molecule has 0 radical (unpaired) electrons. The first-order valence-corrected chi connectivity index (χ1v) is 6.24. The Kier molecular flexibility index (Phi) is 3.53. The summed E-state index contributed by atoms with van der Waals surface area (Å²) < 4.78 is 0. The van der Waals surface area contributed by atoms with Crippen molar-refractivity contribution in [1.82, 2.24) is 5.32 Å². The van der Waals surface area contributed by atoms with E-state index >= 15 is 0 Å². The Labute approximate surface area is 111 Å². The van der Waals surface area contributed by atoms with Gasteiger partial charge in [-0.3, -0.25) is 14.9 Å². The van der Waals surface area contributed by atoms with Gasteiger partial charge >= 0.3 is 0 Å². The summed E-state index contributed by atoms with van der Waals surface area (Å²) >= 11 is 0. The van der Waals surface area contributed by atoms with Gasteiger partial charge in [-0.1, -0.05) is 12.1 Å². The number of nitro groups is 1. The number of hydrogen-bond donors (Lipinski definition) is 2. The minimum Gasteiger partial charge on any atom is -0.350 e. The van der Waals surface area contributed by atoms with Crippen LogP contribution in [0.1, 0.15) is 35.2 Å². The lowest BCUT2D eigenvalue weighted by atomic mass is 9.78. The molecule has 2 rings (SSSR count). The van der Waals surface area contributed by atoms with Crippen molar-refractivity contribution in [3.05, 3.63) is 39.4 Å². The van der Waals surface area contributed by atoms with E-state index in [9.17, 15) is 14.9 Å². The molecule has 1 saturated carbocycles. The number of aryl methyl sites for hydroxylation is 1. The molecule has 3 N–H and O–H groups in total. The quantitative estimate of drug-likeness (QED) is 0.635. The van der Waals surface area contributed by atoms with E-state index < -0.39 is 10.8 Å². The molecule has 1 aromatic rings. The third-order valence-electron chi connectivity index (χ3n) is 3.62. The van der Waals surface area contributed by atoms with Crippen molar-refractivity contribution in [1.29, 1.82) is 0 Å². The zero-order valence-electron chi connectivity index (χ0n) is 10.8. The van der Waals surface area contributed by atoms with Gasteiger partial charge < -0.3 is 11.1 Å². The molecule has 0 aromatic heterocycles. The lowest BCUT2D eigenvalue weighted by Crippen LogP contribution is -2.54. The Bertz CT molecular complexity index is 524. The van der Waals surface area contributed by atoms with E-state index in [0.717, 1.165) is 19.3 Å². The number of para-hydroxylation sites is 1. The minimum atomic E-state index is -0.522. The summed E-state index contributed by atoms with van der Waals surface area (Å²) in [5.74, 6) is -0.438. The molecule has 19 heavy (non-hydrogen) atoms. The van der Waals surface area contributed by atoms with E-state index in [1.165, 1.54) is 6.07 Å². The number of nitro benzene ring substituents is 1. The number of rotatable bonds is 4. The van der Waals surface area contributed by atoms with E-state index in [1.54, 1.807) is 19.1 Å². The molecule has 102 valence electrons. The van der Waals surface area contributed by atoms with Gasteiger partial charge in [-0.25, -0.2) is 0 Å². The number of nitrogens with zero attached hydrogens (tertiary/aromatic N) is 1. The molecule has 6 heteroatoms. The third-order valence-corrected chi connectivity index (χ3v) is 3.62. The minimum absolute atomic E-state index is 0.0907. The van der Waals surface area contributed by atoms with Crippen molar-refractivity contribution in [3.8, 4) is 0 Å². The highest BCUT2D eigenvalue weighted by Gasteiger charge is 2.33. The summed E-state index contributed by atoms with van der Waals surface area (Å²) in [5, 5.41) is 13.7. The van der Waals surface area contributed by atoms with Crippen molar-refractivity contribution in [2.75, 3.05) is 6.54 Å². The summed E-state index contributed by atoms with van der Waals surface area (Å²) in [6, 6.07) is 4.72. The van der Waals surface area contributed by atoms with Crippen molar-refractivity contribution in [2.24, 2.45) is 5.73 Å². The number of benzene rings is 1. The number of hydrogen-bond acceptors (Lipinski definition) is 4. The van der Waals surface area contributed by atoms with Crippen molar-refractivity contribution in [2.45, 2.75) is 31.7 Å². The Balaban J connectivity index is 2.14. The van der Waals surface area contributed by atoms with E-state index in [-0.39, 0.29) is 16.8 Å². The maximum Gasteiger partial charge on any atom is 0.285 e. The SMILES string of the molecule is Cc1cccc(C(=O)NCC2(N)CCC2)c1[N+](=O)[O-]. The van der Waals surface area contributed by atoms with Gasteiger partial charge in [0.25, 0.3) is 11.6 Å². The second-order valence-electron chi connectivity index (χ2n) is 5.13. The van der Waals surface area contributed by atoms with E-state index in [4.69, 9.17) is 5.73 Å². The van der Waals surface area contributed by atoms with E-state index in [2.05, 4.69) is 5.32 Å². The normalized spacial score (nSPS) is 16.5. The molecule has 0 heterocycles. The van der Waals surface area contributed by atoms with Crippen LogP contribution in [-0.4, -0.2) is 22.9 Å². The molecule has 0 bridgehead atoms. The van der Waals surface area contributed by atoms with Gasteiger partial charge in [0.2, 0.25) is 0 Å². The van der Waals surface area contributed by atoms with Crippen LogP contribution in [0.4, 0.5) is 5.69 Å². The highest BCUT2D eigenvalue weighted by molar-refractivity contribution is 5.98. The van der Waals surface area contributed by atoms with Crippen LogP contribution in [-0.2, 0) is 0 Å². The van der Waals surface area contributed by atoms with Crippen LogP contribution in [0, 0.1) is 17.0 Å². The molecule has 0 atom stereocenters. The zero-order chi connectivity index (χ0) is 14.0. The first-order valence-electron chi connectivity index (χ1n) is 6.24. The maximum atomic E-state index is 12.0. The molecule has 6 nitrogen and oxygen atoms in total. The Morgan fingerprint density at radius 1 is 1.53 bits per heavy atom. The third kappa shape index (κ3) is 2.73. The van der Waals surface area contributed by atoms with Crippen LogP contribution in [0.15, 0.2) is 18.2 Å². The molecule has 0 spiro atoms. The molecule has 1 aromatic carbocycles. The van der Waals surface area contributed by atoms with Crippen LogP contribution in [0.25, 0.3) is 0 Å². The average molecular weight is 263 g/mol. The Morgan fingerprint density at radius 2 is 2.21 bits per heavy atom. The summed E-state index contributed by atoms with van der Waals surface area (Å²) in [6.45, 7) is 1.97. The lowest BCUT2D eigenvalue weighted by molar-refractivity contribution is -0.385. The fourth-order valence-corrected chi connectivity index (χ4v) is 2.24. The monoisotopic (exact) mass is 263 g/mol. The lowest BCUT2D eigenvalue weighted by Gasteiger charge is -2.38. The highest BCUT2D eigenvalue weighted by Crippen LogP contribution is 2.28. The van der Waals surface area contributed by atoms with Crippen LogP contribution in [0.2, 0.25) is 0 Å². The van der Waals surface area contributed by atoms with Crippen LogP contribution in [0.3, 0.4) is 0 Å². The molecule has 1 aliphatic carbocycles. The van der Waals surface area contributed by atoms with Gasteiger partial charge in [-0.2, -0.15) is 0 Å². The van der Waals surface area contributed by atoms with E-state index in [0.29, 0.717) is 12.1 Å². The topological polar surface area (TPSA) is 98.3 Å². The van der Waals surface area contributed by atoms with Crippen molar-refractivity contribution >= 4 is 11.6 Å². The molecule has 1 aliphatic rings. The number of carbonyl (C=O) groups is 1. The van der Waals surface area contributed by atoms with Crippen LogP contribution in [0.5, 0.6) is 0 Å².